The highest BCUT2D eigenvalue weighted by atomic mass is 16.6. The van der Waals surface area contributed by atoms with E-state index in [-0.39, 0.29) is 31.1 Å². The highest BCUT2D eigenvalue weighted by Gasteiger charge is 2.19. The number of rotatable bonds is 62. The SMILES string of the molecule is CCCCCCCCC/C=C\CCCCCCCCCC(=O)OC(COC(=O)CCCCCCCCCCCCCCC)COC(=O)CCCCCCCCCCCCCCCCCCCCCCCCCC. The van der Waals surface area contributed by atoms with Gasteiger partial charge >= 0.3 is 17.9 Å². The minimum Gasteiger partial charge on any atom is -0.462 e. The predicted octanol–water partition coefficient (Wildman–Crippen LogP) is 22.4. The third-order valence-corrected chi connectivity index (χ3v) is 15.3. The fourth-order valence-electron chi connectivity index (χ4n) is 10.3. The third kappa shape index (κ3) is 60.9. The molecule has 73 heavy (non-hydrogen) atoms. The highest BCUT2D eigenvalue weighted by molar-refractivity contribution is 5.71. The lowest BCUT2D eigenvalue weighted by atomic mass is 10.0. The monoisotopic (exact) mass is 1030 g/mol. The van der Waals surface area contributed by atoms with E-state index < -0.39 is 6.10 Å². The van der Waals surface area contributed by atoms with Gasteiger partial charge in [0.15, 0.2) is 6.10 Å². The third-order valence-electron chi connectivity index (χ3n) is 15.3. The summed E-state index contributed by atoms with van der Waals surface area (Å²) in [6, 6.07) is 0. The van der Waals surface area contributed by atoms with E-state index in [4.69, 9.17) is 14.2 Å². The van der Waals surface area contributed by atoms with E-state index in [0.29, 0.717) is 19.3 Å². The van der Waals surface area contributed by atoms with Crippen LogP contribution in [0.1, 0.15) is 380 Å². The van der Waals surface area contributed by atoms with E-state index >= 15 is 0 Å². The Hall–Kier alpha value is -1.85. The first-order chi connectivity index (χ1) is 36.0. The molecule has 1 atom stereocenters. The molecule has 0 N–H and O–H groups in total. The molecule has 0 aliphatic carbocycles. The standard InChI is InChI=1S/C67H128O6/c1-4-7-10-13-16-19-22-25-27-29-31-32-33-34-35-36-38-39-42-45-48-51-54-57-60-66(69)72-63-64(62-71-65(68)59-56-53-50-47-44-41-24-21-18-15-12-9-6-3)73-67(70)61-58-55-52-49-46-43-40-37-30-28-26-23-20-17-14-11-8-5-2/h28,30,64H,4-27,29,31-63H2,1-3H3/b30-28-. The van der Waals surface area contributed by atoms with Crippen molar-refractivity contribution >= 4 is 17.9 Å². The molecule has 0 spiro atoms. The minimum absolute atomic E-state index is 0.0652. The lowest BCUT2D eigenvalue weighted by Gasteiger charge is -2.18. The molecule has 0 heterocycles. The van der Waals surface area contributed by atoms with Crippen molar-refractivity contribution in [2.45, 2.75) is 386 Å². The molecular weight excluding hydrogens is 901 g/mol. The van der Waals surface area contributed by atoms with Gasteiger partial charge in [-0.05, 0) is 44.9 Å². The van der Waals surface area contributed by atoms with E-state index in [9.17, 15) is 14.4 Å². The predicted molar refractivity (Wildman–Crippen MR) is 317 cm³/mol. The van der Waals surface area contributed by atoms with E-state index in [0.717, 1.165) is 57.8 Å². The summed E-state index contributed by atoms with van der Waals surface area (Å²) in [4.78, 5) is 38.3. The lowest BCUT2D eigenvalue weighted by molar-refractivity contribution is -0.167. The van der Waals surface area contributed by atoms with Crippen molar-refractivity contribution in [1.82, 2.24) is 0 Å². The fraction of sp³-hybridized carbons (Fsp3) is 0.925. The first-order valence-electron chi connectivity index (χ1n) is 33.2. The van der Waals surface area contributed by atoms with Crippen LogP contribution < -0.4 is 0 Å². The Morgan fingerprint density at radius 1 is 0.260 bits per heavy atom. The van der Waals surface area contributed by atoms with E-state index in [2.05, 4.69) is 32.9 Å². The molecule has 0 saturated heterocycles. The van der Waals surface area contributed by atoms with Gasteiger partial charge in [0.05, 0.1) is 0 Å². The number of allylic oxidation sites excluding steroid dienone is 2. The van der Waals surface area contributed by atoms with Gasteiger partial charge in [-0.15, -0.1) is 0 Å². The van der Waals surface area contributed by atoms with Crippen molar-refractivity contribution in [2.24, 2.45) is 0 Å². The van der Waals surface area contributed by atoms with Gasteiger partial charge in [-0.2, -0.15) is 0 Å². The lowest BCUT2D eigenvalue weighted by Crippen LogP contribution is -2.30. The van der Waals surface area contributed by atoms with Gasteiger partial charge in [0.2, 0.25) is 0 Å². The molecule has 0 aliphatic rings. The summed E-state index contributed by atoms with van der Waals surface area (Å²) in [6.45, 7) is 6.71. The second kappa shape index (κ2) is 62.7. The number of carbonyl (C=O) groups is 3. The summed E-state index contributed by atoms with van der Waals surface area (Å²) in [7, 11) is 0. The normalized spacial score (nSPS) is 12.0. The molecule has 0 aromatic rings. The van der Waals surface area contributed by atoms with Crippen LogP contribution in [0.15, 0.2) is 12.2 Å². The zero-order valence-corrected chi connectivity index (χ0v) is 49.7. The molecule has 432 valence electrons. The molecule has 0 radical (unpaired) electrons. The van der Waals surface area contributed by atoms with E-state index in [1.165, 1.54) is 283 Å². The second-order valence-electron chi connectivity index (χ2n) is 22.7. The summed E-state index contributed by atoms with van der Waals surface area (Å²) in [5.74, 6) is -0.838. The first kappa shape index (κ1) is 71.2. The maximum absolute atomic E-state index is 12.9. The van der Waals surface area contributed by atoms with Crippen molar-refractivity contribution < 1.29 is 28.6 Å². The minimum atomic E-state index is -0.768. The van der Waals surface area contributed by atoms with Crippen molar-refractivity contribution in [1.29, 1.82) is 0 Å². The molecule has 0 aromatic carbocycles. The van der Waals surface area contributed by atoms with Crippen LogP contribution in [0.2, 0.25) is 0 Å². The average Bonchev–Trinajstić information content (AvgIpc) is 3.39. The smallest absolute Gasteiger partial charge is 0.306 e. The molecule has 0 saturated carbocycles. The average molecular weight is 1030 g/mol. The summed E-state index contributed by atoms with van der Waals surface area (Å²) < 4.78 is 17.0. The van der Waals surface area contributed by atoms with E-state index in [1.807, 2.05) is 0 Å². The molecule has 6 heteroatoms. The van der Waals surface area contributed by atoms with Gasteiger partial charge in [0.1, 0.15) is 13.2 Å². The van der Waals surface area contributed by atoms with Crippen LogP contribution in [-0.4, -0.2) is 37.2 Å². The maximum atomic E-state index is 12.9. The Morgan fingerprint density at radius 3 is 0.685 bits per heavy atom. The number of hydrogen-bond acceptors (Lipinski definition) is 6. The summed E-state index contributed by atoms with van der Waals surface area (Å²) in [5, 5.41) is 0. The molecule has 0 fully saturated rings. The molecule has 0 bridgehead atoms. The Balaban J connectivity index is 4.22. The number of unbranched alkanes of at least 4 members (excludes halogenated alkanes) is 49. The van der Waals surface area contributed by atoms with Gasteiger partial charge in [-0.1, -0.05) is 328 Å². The number of ether oxygens (including phenoxy) is 3. The first-order valence-corrected chi connectivity index (χ1v) is 33.2. The molecule has 0 aromatic heterocycles. The maximum Gasteiger partial charge on any atom is 0.306 e. The van der Waals surface area contributed by atoms with Gasteiger partial charge in [0, 0.05) is 19.3 Å². The molecule has 0 amide bonds. The van der Waals surface area contributed by atoms with Crippen molar-refractivity contribution in [2.75, 3.05) is 13.2 Å². The molecule has 0 rings (SSSR count). The summed E-state index contributed by atoms with van der Waals surface area (Å²) in [6.07, 6.45) is 73.7. The topological polar surface area (TPSA) is 78.9 Å². The van der Waals surface area contributed by atoms with E-state index in [1.54, 1.807) is 0 Å². The number of hydrogen-bond donors (Lipinski definition) is 0. The quantitative estimate of drug-likeness (QED) is 0.0261. The van der Waals surface area contributed by atoms with Crippen molar-refractivity contribution in [3.63, 3.8) is 0 Å². The van der Waals surface area contributed by atoms with Gasteiger partial charge in [-0.25, -0.2) is 0 Å². The fourth-order valence-corrected chi connectivity index (χ4v) is 10.3. The van der Waals surface area contributed by atoms with Crippen LogP contribution in [0.3, 0.4) is 0 Å². The Labute approximate surface area is 456 Å². The Bertz CT molecular complexity index is 1130. The zero-order chi connectivity index (χ0) is 52.9. The zero-order valence-electron chi connectivity index (χ0n) is 49.7. The molecular formula is C67H128O6. The molecule has 1 unspecified atom stereocenters. The van der Waals surface area contributed by atoms with Gasteiger partial charge < -0.3 is 14.2 Å². The second-order valence-corrected chi connectivity index (χ2v) is 22.7. The van der Waals surface area contributed by atoms with Gasteiger partial charge in [-0.3, -0.25) is 14.4 Å². The number of esters is 3. The van der Waals surface area contributed by atoms with Crippen LogP contribution in [0.5, 0.6) is 0 Å². The Morgan fingerprint density at radius 2 is 0.452 bits per heavy atom. The van der Waals surface area contributed by atoms with Crippen LogP contribution in [0, 0.1) is 0 Å². The van der Waals surface area contributed by atoms with Crippen LogP contribution in [-0.2, 0) is 28.6 Å². The largest absolute Gasteiger partial charge is 0.462 e. The van der Waals surface area contributed by atoms with Crippen molar-refractivity contribution in [3.8, 4) is 0 Å². The molecule has 6 nitrogen and oxygen atoms in total. The molecule has 0 aliphatic heterocycles. The number of carbonyl (C=O) groups excluding carboxylic acids is 3. The van der Waals surface area contributed by atoms with Crippen molar-refractivity contribution in [3.05, 3.63) is 12.2 Å². The van der Waals surface area contributed by atoms with Gasteiger partial charge in [0.25, 0.3) is 0 Å². The highest BCUT2D eigenvalue weighted by Crippen LogP contribution is 2.18. The van der Waals surface area contributed by atoms with Crippen LogP contribution in [0.4, 0.5) is 0 Å². The van der Waals surface area contributed by atoms with Crippen LogP contribution in [0.25, 0.3) is 0 Å². The van der Waals surface area contributed by atoms with Crippen LogP contribution >= 0.6 is 0 Å². The summed E-state index contributed by atoms with van der Waals surface area (Å²) in [5.41, 5.74) is 0. The summed E-state index contributed by atoms with van der Waals surface area (Å²) >= 11 is 0. The Kier molecular flexibility index (Phi) is 61.1.